The summed E-state index contributed by atoms with van der Waals surface area (Å²) in [5.41, 5.74) is 6.20. The zero-order chi connectivity index (χ0) is 7.33. The van der Waals surface area contributed by atoms with Crippen molar-refractivity contribution in [2.75, 3.05) is 0 Å². The lowest BCUT2D eigenvalue weighted by Gasteiger charge is -2.25. The molecular formula is C4H19NSi4. The lowest BCUT2D eigenvalue weighted by molar-refractivity contribution is 0.695. The van der Waals surface area contributed by atoms with Gasteiger partial charge in [0.1, 0.15) is 0 Å². The summed E-state index contributed by atoms with van der Waals surface area (Å²) in [5.74, 6) is 0. The largest absolute Gasteiger partial charge is 0.332 e. The predicted octanol–water partition coefficient (Wildman–Crippen LogP) is -3.70. The fraction of sp³-hybridized carbons (Fsp3) is 1.00. The molecule has 0 atom stereocenters. The first kappa shape index (κ1) is 9.83. The maximum atomic E-state index is 6.20. The summed E-state index contributed by atoms with van der Waals surface area (Å²) in [4.78, 5) is 0.535. The lowest BCUT2D eigenvalue weighted by atomic mass is 10.3. The van der Waals surface area contributed by atoms with Gasteiger partial charge in [0.05, 0.1) is 0 Å². The van der Waals surface area contributed by atoms with Gasteiger partial charge in [-0.15, -0.1) is 0 Å². The molecule has 0 bridgehead atoms. The highest BCUT2D eigenvalue weighted by Gasteiger charge is 2.18. The number of hydrogen-bond acceptors (Lipinski definition) is 1. The molecule has 0 aliphatic carbocycles. The average molecular weight is 194 g/mol. The van der Waals surface area contributed by atoms with Gasteiger partial charge in [-0.3, -0.25) is 0 Å². The normalized spacial score (nSPS) is 20.7. The molecule has 0 amide bonds. The van der Waals surface area contributed by atoms with E-state index < -0.39 is 0 Å². The van der Waals surface area contributed by atoms with Crippen molar-refractivity contribution in [2.45, 2.75) is 24.6 Å². The molecule has 0 radical (unpaired) electrons. The first-order chi connectivity index (χ1) is 4.18. The van der Waals surface area contributed by atoms with Crippen molar-refractivity contribution >= 4 is 37.6 Å². The number of rotatable bonds is 4. The first-order valence-electron chi connectivity index (χ1n) is 3.97. The summed E-state index contributed by atoms with van der Waals surface area (Å²) in [6.07, 6.45) is 2.68. The highest BCUT2D eigenvalue weighted by Crippen LogP contribution is 2.02. The highest BCUT2D eigenvalue weighted by atomic mass is 29.1. The van der Waals surface area contributed by atoms with Gasteiger partial charge in [-0.1, -0.05) is 13.3 Å². The molecule has 0 aliphatic rings. The van der Waals surface area contributed by atoms with Crippen molar-refractivity contribution in [3.8, 4) is 0 Å². The minimum Gasteiger partial charge on any atom is -0.332 e. The van der Waals surface area contributed by atoms with Gasteiger partial charge < -0.3 is 5.73 Å². The molecule has 9 heavy (non-hydrogen) atoms. The van der Waals surface area contributed by atoms with Crippen LogP contribution in [0.2, 0.25) is 0 Å². The molecule has 0 rings (SSSR count). The van der Waals surface area contributed by atoms with Crippen LogP contribution in [0.3, 0.4) is 0 Å². The van der Waals surface area contributed by atoms with Crippen molar-refractivity contribution < 1.29 is 0 Å². The van der Waals surface area contributed by atoms with Crippen molar-refractivity contribution in [1.82, 2.24) is 0 Å². The van der Waals surface area contributed by atoms with E-state index in [1.165, 1.54) is 32.4 Å². The van der Waals surface area contributed by atoms with Crippen LogP contribution in [0.25, 0.3) is 0 Å². The number of hydrogen-bond donors (Lipinski definition) is 1. The Balaban J connectivity index is 3.62. The first-order valence-corrected chi connectivity index (χ1v) is 16.7. The van der Waals surface area contributed by atoms with Crippen LogP contribution in [0, 0.1) is 0 Å². The Morgan fingerprint density at radius 3 is 2.00 bits per heavy atom. The lowest BCUT2D eigenvalue weighted by Crippen LogP contribution is -2.52. The van der Waals surface area contributed by atoms with Crippen molar-refractivity contribution in [1.29, 1.82) is 0 Å². The van der Waals surface area contributed by atoms with Gasteiger partial charge in [0.25, 0.3) is 0 Å². The summed E-state index contributed by atoms with van der Waals surface area (Å²) < 4.78 is 0. The molecular weight excluding hydrogens is 174 g/mol. The Bertz CT molecular complexity index is 73.0. The number of nitrogens with two attached hydrogens (primary N) is 1. The standard InChI is InChI=1S/C4H19NSi4/c1-2-3-4(5,8-6)9-7/h2-3,5,8-9H2,1,6-7H3. The second-order valence-electron chi connectivity index (χ2n) is 2.82. The van der Waals surface area contributed by atoms with Crippen LogP contribution in [-0.2, 0) is 0 Å². The third kappa shape index (κ3) is 3.51. The molecule has 0 heterocycles. The van der Waals surface area contributed by atoms with Crippen molar-refractivity contribution in [3.05, 3.63) is 0 Å². The topological polar surface area (TPSA) is 26.0 Å². The summed E-state index contributed by atoms with van der Waals surface area (Å²) >= 11 is 0. The van der Waals surface area contributed by atoms with Gasteiger partial charge in [0.15, 0.2) is 0 Å². The molecule has 0 aliphatic heterocycles. The molecule has 0 unspecified atom stereocenters. The molecule has 0 aromatic rings. The van der Waals surface area contributed by atoms with Gasteiger partial charge in [-0.05, 0) is 30.7 Å². The van der Waals surface area contributed by atoms with Gasteiger partial charge >= 0.3 is 0 Å². The van der Waals surface area contributed by atoms with Crippen LogP contribution in [0.4, 0.5) is 0 Å². The van der Waals surface area contributed by atoms with E-state index in [9.17, 15) is 0 Å². The third-order valence-corrected chi connectivity index (χ3v) is 23.1. The van der Waals surface area contributed by atoms with E-state index in [0.717, 1.165) is 0 Å². The molecule has 0 aromatic heterocycles. The zero-order valence-electron chi connectivity index (χ0n) is 6.91. The molecule has 2 N–H and O–H groups in total. The van der Waals surface area contributed by atoms with Crippen molar-refractivity contribution in [2.24, 2.45) is 5.73 Å². The molecule has 0 aromatic carbocycles. The monoisotopic (exact) mass is 193 g/mol. The van der Waals surface area contributed by atoms with E-state index >= 15 is 0 Å². The quantitative estimate of drug-likeness (QED) is 0.457. The summed E-state index contributed by atoms with van der Waals surface area (Å²) in [7, 11) is 3.35. The zero-order valence-corrected chi connectivity index (χ0v) is 13.7. The smallest absolute Gasteiger partial charge is 0.0236 e. The summed E-state index contributed by atoms with van der Waals surface area (Å²) in [6, 6.07) is 0. The predicted molar refractivity (Wildman–Crippen MR) is 58.8 cm³/mol. The summed E-state index contributed by atoms with van der Waals surface area (Å²) in [5, 5.41) is 0. The van der Waals surface area contributed by atoms with Gasteiger partial charge in [-0.2, -0.15) is 0 Å². The fourth-order valence-electron chi connectivity index (χ4n) is 1.10. The Morgan fingerprint density at radius 1 is 1.44 bits per heavy atom. The van der Waals surface area contributed by atoms with E-state index in [1.54, 1.807) is 0 Å². The van der Waals surface area contributed by atoms with Gasteiger partial charge in [-0.25, -0.2) is 0 Å². The van der Waals surface area contributed by atoms with E-state index in [-0.39, 0.29) is 18.1 Å². The highest BCUT2D eigenvalue weighted by molar-refractivity contribution is 7.05. The second-order valence-corrected chi connectivity index (χ2v) is 12.3. The molecule has 0 fully saturated rings. The van der Waals surface area contributed by atoms with E-state index in [0.29, 0.717) is 4.79 Å². The van der Waals surface area contributed by atoms with Crippen LogP contribution >= 0.6 is 0 Å². The van der Waals surface area contributed by atoms with Crippen LogP contribution < -0.4 is 5.73 Å². The van der Waals surface area contributed by atoms with E-state index in [2.05, 4.69) is 6.92 Å². The second kappa shape index (κ2) is 4.61. The molecule has 1 nitrogen and oxygen atoms in total. The molecule has 5 heteroatoms. The molecule has 0 saturated carbocycles. The molecule has 0 saturated heterocycles. The summed E-state index contributed by atoms with van der Waals surface area (Å²) in [6.45, 7) is 2.26. The molecule has 56 valence electrons. The van der Waals surface area contributed by atoms with Crippen LogP contribution in [-0.4, -0.2) is 42.4 Å². The fourth-order valence-corrected chi connectivity index (χ4v) is 24.6. The van der Waals surface area contributed by atoms with E-state index in [1.807, 2.05) is 0 Å². The Morgan fingerprint density at radius 2 is 1.89 bits per heavy atom. The maximum absolute atomic E-state index is 6.20. The van der Waals surface area contributed by atoms with Gasteiger partial charge in [0, 0.05) is 18.1 Å². The van der Waals surface area contributed by atoms with Crippen LogP contribution in [0.5, 0.6) is 0 Å². The Hall–Kier alpha value is 0.828. The van der Waals surface area contributed by atoms with Crippen molar-refractivity contribution in [3.63, 3.8) is 0 Å². The van der Waals surface area contributed by atoms with Crippen LogP contribution in [0.1, 0.15) is 19.8 Å². The minimum absolute atomic E-state index is 0.234. The Kier molecular flexibility index (Phi) is 5.04. The Labute approximate surface area is 68.2 Å². The maximum Gasteiger partial charge on any atom is 0.0236 e. The average Bonchev–Trinajstić information content (AvgIpc) is 1.89. The van der Waals surface area contributed by atoms with Gasteiger partial charge in [0.2, 0.25) is 0 Å². The van der Waals surface area contributed by atoms with Crippen LogP contribution in [0.15, 0.2) is 0 Å². The SMILES string of the molecule is CCCC(N)([SiH2][SiH3])[SiH2][SiH3]. The minimum atomic E-state index is 0.234. The van der Waals surface area contributed by atoms with E-state index in [4.69, 9.17) is 5.73 Å². The third-order valence-electron chi connectivity index (χ3n) is 2.16. The molecule has 0 spiro atoms.